The van der Waals surface area contributed by atoms with Crippen LogP contribution in [0.4, 0.5) is 5.69 Å². The highest BCUT2D eigenvalue weighted by molar-refractivity contribution is 7.92. The summed E-state index contributed by atoms with van der Waals surface area (Å²) < 4.78 is 58.2. The first-order chi connectivity index (χ1) is 15.5. The number of piperazine rings is 1. The summed E-state index contributed by atoms with van der Waals surface area (Å²) in [6, 6.07) is 13.1. The lowest BCUT2D eigenvalue weighted by Gasteiger charge is -2.35. The minimum atomic E-state index is -3.71. The molecule has 1 heterocycles. The summed E-state index contributed by atoms with van der Waals surface area (Å²) in [4.78, 5) is 14.6. The molecule has 0 saturated carbocycles. The van der Waals surface area contributed by atoms with E-state index in [-0.39, 0.29) is 43.5 Å². The van der Waals surface area contributed by atoms with Crippen LogP contribution in [0.1, 0.15) is 12.5 Å². The van der Waals surface area contributed by atoms with Crippen LogP contribution in [0.25, 0.3) is 0 Å². The molecule has 0 aromatic heterocycles. The van der Waals surface area contributed by atoms with Crippen molar-refractivity contribution >= 4 is 31.6 Å². The SMILES string of the molecule is CCOc1ccc(N(CC(=O)N2CCN(S(=O)(=O)c3ccc(C)cc3)CC2)S(C)(=O)=O)cc1. The smallest absolute Gasteiger partial charge is 0.243 e. The van der Waals surface area contributed by atoms with Crippen molar-refractivity contribution in [1.29, 1.82) is 0 Å². The summed E-state index contributed by atoms with van der Waals surface area (Å²) in [5.41, 5.74) is 1.32. The van der Waals surface area contributed by atoms with Crippen LogP contribution >= 0.6 is 0 Å². The van der Waals surface area contributed by atoms with Crippen LogP contribution in [-0.4, -0.2) is 77.5 Å². The van der Waals surface area contributed by atoms with Gasteiger partial charge < -0.3 is 9.64 Å². The number of amides is 1. The van der Waals surface area contributed by atoms with E-state index in [1.54, 1.807) is 48.5 Å². The molecule has 0 atom stereocenters. The highest BCUT2D eigenvalue weighted by Crippen LogP contribution is 2.23. The fourth-order valence-corrected chi connectivity index (χ4v) is 5.81. The van der Waals surface area contributed by atoms with Crippen molar-refractivity contribution in [3.05, 3.63) is 54.1 Å². The second kappa shape index (κ2) is 10.1. The van der Waals surface area contributed by atoms with Crippen molar-refractivity contribution in [2.75, 3.05) is 49.9 Å². The Balaban J connectivity index is 1.67. The molecular weight excluding hydrogens is 466 g/mol. The monoisotopic (exact) mass is 495 g/mol. The van der Waals surface area contributed by atoms with Crippen LogP contribution < -0.4 is 9.04 Å². The molecule has 2 aromatic carbocycles. The Bertz CT molecular complexity index is 1170. The van der Waals surface area contributed by atoms with Gasteiger partial charge in [-0.1, -0.05) is 17.7 Å². The first kappa shape index (κ1) is 25.0. The molecule has 0 spiro atoms. The van der Waals surface area contributed by atoms with Gasteiger partial charge in [-0.3, -0.25) is 9.10 Å². The van der Waals surface area contributed by atoms with Crippen molar-refractivity contribution in [3.8, 4) is 5.75 Å². The molecule has 0 N–H and O–H groups in total. The Labute approximate surface area is 195 Å². The van der Waals surface area contributed by atoms with E-state index < -0.39 is 20.0 Å². The first-order valence-corrected chi connectivity index (χ1v) is 13.9. The number of aryl methyl sites for hydroxylation is 1. The zero-order valence-corrected chi connectivity index (χ0v) is 20.6. The number of carbonyl (C=O) groups excluding carboxylic acids is 1. The Morgan fingerprint density at radius 3 is 2.03 bits per heavy atom. The maximum Gasteiger partial charge on any atom is 0.243 e. The second-order valence-corrected chi connectivity index (χ2v) is 11.6. The average Bonchev–Trinajstić information content (AvgIpc) is 2.78. The molecule has 1 fully saturated rings. The van der Waals surface area contributed by atoms with Crippen molar-refractivity contribution in [1.82, 2.24) is 9.21 Å². The molecule has 180 valence electrons. The largest absolute Gasteiger partial charge is 0.494 e. The van der Waals surface area contributed by atoms with Crippen LogP contribution in [-0.2, 0) is 24.8 Å². The number of sulfonamides is 2. The lowest BCUT2D eigenvalue weighted by atomic mass is 10.2. The summed E-state index contributed by atoms with van der Waals surface area (Å²) in [7, 11) is -7.36. The van der Waals surface area contributed by atoms with E-state index in [4.69, 9.17) is 4.74 Å². The number of hydrogen-bond acceptors (Lipinski definition) is 6. The molecule has 2 aromatic rings. The Morgan fingerprint density at radius 1 is 0.939 bits per heavy atom. The zero-order chi connectivity index (χ0) is 24.2. The van der Waals surface area contributed by atoms with E-state index in [0.717, 1.165) is 16.1 Å². The number of rotatable bonds is 8. The summed E-state index contributed by atoms with van der Waals surface area (Å²) in [6.45, 7) is 4.51. The van der Waals surface area contributed by atoms with Gasteiger partial charge in [-0.15, -0.1) is 0 Å². The highest BCUT2D eigenvalue weighted by atomic mass is 32.2. The Morgan fingerprint density at radius 2 is 1.52 bits per heavy atom. The summed E-state index contributed by atoms with van der Waals surface area (Å²) in [6.07, 6.45) is 1.04. The Kier molecular flexibility index (Phi) is 7.65. The summed E-state index contributed by atoms with van der Waals surface area (Å²) >= 11 is 0. The predicted molar refractivity (Wildman–Crippen MR) is 126 cm³/mol. The molecule has 1 aliphatic rings. The van der Waals surface area contributed by atoms with Gasteiger partial charge in [-0.25, -0.2) is 16.8 Å². The molecule has 1 saturated heterocycles. The molecule has 0 radical (unpaired) electrons. The molecule has 11 heteroatoms. The molecule has 1 aliphatic heterocycles. The molecule has 0 aliphatic carbocycles. The van der Waals surface area contributed by atoms with Gasteiger partial charge in [0.05, 0.1) is 23.4 Å². The van der Waals surface area contributed by atoms with Gasteiger partial charge in [-0.2, -0.15) is 4.31 Å². The fourth-order valence-electron chi connectivity index (χ4n) is 3.54. The zero-order valence-electron chi connectivity index (χ0n) is 19.0. The van der Waals surface area contributed by atoms with Crippen molar-refractivity contribution in [2.45, 2.75) is 18.7 Å². The van der Waals surface area contributed by atoms with Gasteiger partial charge in [0.15, 0.2) is 0 Å². The number of benzene rings is 2. The van der Waals surface area contributed by atoms with Crippen LogP contribution in [0.3, 0.4) is 0 Å². The molecule has 1 amide bonds. The quantitative estimate of drug-likeness (QED) is 0.552. The predicted octanol–water partition coefficient (Wildman–Crippen LogP) is 1.69. The Hall–Kier alpha value is -2.63. The topological polar surface area (TPSA) is 104 Å². The van der Waals surface area contributed by atoms with Gasteiger partial charge in [-0.05, 0) is 50.2 Å². The molecule has 0 bridgehead atoms. The third-order valence-corrected chi connectivity index (χ3v) is 8.42. The van der Waals surface area contributed by atoms with Crippen molar-refractivity contribution in [3.63, 3.8) is 0 Å². The average molecular weight is 496 g/mol. The van der Waals surface area contributed by atoms with Crippen LogP contribution in [0, 0.1) is 6.92 Å². The molecule has 0 unspecified atom stereocenters. The van der Waals surface area contributed by atoms with E-state index in [2.05, 4.69) is 0 Å². The van der Waals surface area contributed by atoms with E-state index in [9.17, 15) is 21.6 Å². The van der Waals surface area contributed by atoms with Gasteiger partial charge in [0.1, 0.15) is 12.3 Å². The third kappa shape index (κ3) is 6.04. The van der Waals surface area contributed by atoms with Crippen molar-refractivity contribution in [2.24, 2.45) is 0 Å². The van der Waals surface area contributed by atoms with Crippen LogP contribution in [0.5, 0.6) is 5.75 Å². The number of anilines is 1. The van der Waals surface area contributed by atoms with E-state index in [1.807, 2.05) is 13.8 Å². The van der Waals surface area contributed by atoms with Crippen LogP contribution in [0.2, 0.25) is 0 Å². The van der Waals surface area contributed by atoms with Gasteiger partial charge in [0, 0.05) is 26.2 Å². The highest BCUT2D eigenvalue weighted by Gasteiger charge is 2.31. The second-order valence-electron chi connectivity index (χ2n) is 7.79. The van der Waals surface area contributed by atoms with Gasteiger partial charge in [0.2, 0.25) is 26.0 Å². The molecule has 9 nitrogen and oxygen atoms in total. The number of nitrogens with zero attached hydrogens (tertiary/aromatic N) is 3. The molecule has 33 heavy (non-hydrogen) atoms. The van der Waals surface area contributed by atoms with Gasteiger partial charge >= 0.3 is 0 Å². The molecule has 3 rings (SSSR count). The van der Waals surface area contributed by atoms with Crippen LogP contribution in [0.15, 0.2) is 53.4 Å². The number of carbonyl (C=O) groups is 1. The maximum absolute atomic E-state index is 12.9. The first-order valence-electron chi connectivity index (χ1n) is 10.6. The van der Waals surface area contributed by atoms with E-state index >= 15 is 0 Å². The van der Waals surface area contributed by atoms with E-state index in [1.165, 1.54) is 9.21 Å². The fraction of sp³-hybridized carbons (Fsp3) is 0.409. The summed E-state index contributed by atoms with van der Waals surface area (Å²) in [5.74, 6) is 0.216. The van der Waals surface area contributed by atoms with Crippen molar-refractivity contribution < 1.29 is 26.4 Å². The van der Waals surface area contributed by atoms with E-state index in [0.29, 0.717) is 18.0 Å². The standard InChI is InChI=1S/C22H29N3O6S2/c1-4-31-20-9-7-19(8-10-20)25(32(3,27)28)17-22(26)23-13-15-24(16-14-23)33(29,30)21-11-5-18(2)6-12-21/h5-12H,4,13-17H2,1-3H3. The summed E-state index contributed by atoms with van der Waals surface area (Å²) in [5, 5.41) is 0. The lowest BCUT2D eigenvalue weighted by Crippen LogP contribution is -2.53. The lowest BCUT2D eigenvalue weighted by molar-refractivity contribution is -0.130. The molecular formula is C22H29N3O6S2. The maximum atomic E-state index is 12.9. The minimum Gasteiger partial charge on any atom is -0.494 e. The minimum absolute atomic E-state index is 0.143. The number of hydrogen-bond donors (Lipinski definition) is 0. The van der Waals surface area contributed by atoms with Gasteiger partial charge in [0.25, 0.3) is 0 Å². The third-order valence-electron chi connectivity index (χ3n) is 5.37. The number of ether oxygens (including phenoxy) is 1. The normalized spacial score (nSPS) is 15.3.